The van der Waals surface area contributed by atoms with Crippen LogP contribution in [-0.2, 0) is 6.18 Å². The molecule has 0 saturated carbocycles. The number of aromatic nitrogens is 2. The van der Waals surface area contributed by atoms with E-state index in [1.54, 1.807) is 6.07 Å². The lowest BCUT2D eigenvalue weighted by atomic mass is 10.1. The molecule has 1 N–H and O–H groups in total. The van der Waals surface area contributed by atoms with Crippen molar-refractivity contribution in [2.45, 2.75) is 6.18 Å². The van der Waals surface area contributed by atoms with Crippen LogP contribution in [0, 0.1) is 0 Å². The Hall–Kier alpha value is -3.09. The number of nitrogens with one attached hydrogen (secondary N) is 1. The molecule has 4 nitrogen and oxygen atoms in total. The molecule has 2 aromatic heterocycles. The Bertz CT molecular complexity index is 944. The maximum absolute atomic E-state index is 13.3. The van der Waals surface area contributed by atoms with Gasteiger partial charge < -0.3 is 9.72 Å². The van der Waals surface area contributed by atoms with E-state index in [-0.39, 0.29) is 11.1 Å². The molecule has 0 saturated heterocycles. The normalized spacial score (nSPS) is 12.0. The first-order chi connectivity index (χ1) is 11.9. The number of carbonyl (C=O) groups is 1. The molecule has 0 atom stereocenters. The number of ketones is 1. The van der Waals surface area contributed by atoms with E-state index in [0.717, 1.165) is 6.08 Å². The van der Waals surface area contributed by atoms with E-state index < -0.39 is 17.7 Å². The van der Waals surface area contributed by atoms with Crippen LogP contribution in [0.2, 0.25) is 0 Å². The van der Waals surface area contributed by atoms with Gasteiger partial charge in [-0.2, -0.15) is 13.2 Å². The van der Waals surface area contributed by atoms with Gasteiger partial charge in [-0.15, -0.1) is 0 Å². The maximum Gasteiger partial charge on any atom is 0.431 e. The number of nitrogens with zero attached hydrogens (tertiary/aromatic N) is 1. The van der Waals surface area contributed by atoms with E-state index in [2.05, 4.69) is 9.97 Å². The zero-order valence-corrected chi connectivity index (χ0v) is 13.1. The first-order valence-electron chi connectivity index (χ1n) is 7.29. The molecular formula is C18H13F3N2O2. The highest BCUT2D eigenvalue weighted by Crippen LogP contribution is 2.37. The largest absolute Gasteiger partial charge is 0.497 e. The number of fused-ring (bicyclic) bond motifs is 1. The number of pyridine rings is 1. The number of carbonyl (C=O) groups excluding carboxylic acids is 1. The average molecular weight is 346 g/mol. The van der Waals surface area contributed by atoms with Crippen molar-refractivity contribution in [3.05, 3.63) is 65.6 Å². The van der Waals surface area contributed by atoms with Crippen LogP contribution in [0.15, 0.2) is 48.8 Å². The second-order valence-electron chi connectivity index (χ2n) is 5.26. The standard InChI is InChI=1S/C18H13F3N2O2/c1-25-12-2-3-13-14(17(18(19,20)21)23-15(13)10-12)4-5-16(24)11-6-8-22-9-7-11/h2-10,23H,1H3/b5-4+. The highest BCUT2D eigenvalue weighted by atomic mass is 19.4. The Kier molecular flexibility index (Phi) is 4.31. The number of rotatable bonds is 4. The third-order valence-corrected chi connectivity index (χ3v) is 3.70. The molecule has 7 heteroatoms. The van der Waals surface area contributed by atoms with Crippen molar-refractivity contribution in [3.8, 4) is 5.75 Å². The fourth-order valence-corrected chi connectivity index (χ4v) is 2.49. The van der Waals surface area contributed by atoms with Crippen molar-refractivity contribution in [2.24, 2.45) is 0 Å². The predicted octanol–water partition coefficient (Wildman–Crippen LogP) is 4.49. The molecule has 2 heterocycles. The molecule has 3 aromatic rings. The van der Waals surface area contributed by atoms with Crippen LogP contribution in [0.4, 0.5) is 13.2 Å². The van der Waals surface area contributed by atoms with Gasteiger partial charge in [-0.05, 0) is 36.4 Å². The summed E-state index contributed by atoms with van der Waals surface area (Å²) in [7, 11) is 1.43. The molecule has 3 rings (SSSR count). The molecule has 25 heavy (non-hydrogen) atoms. The first-order valence-corrected chi connectivity index (χ1v) is 7.29. The van der Waals surface area contributed by atoms with Crippen molar-refractivity contribution >= 4 is 22.8 Å². The van der Waals surface area contributed by atoms with E-state index in [1.165, 1.54) is 49.8 Å². The summed E-state index contributed by atoms with van der Waals surface area (Å²) < 4.78 is 45.0. The number of benzene rings is 1. The molecule has 0 amide bonds. The number of hydrogen-bond donors (Lipinski definition) is 1. The third kappa shape index (κ3) is 3.40. The number of allylic oxidation sites excluding steroid dienone is 1. The molecule has 0 aliphatic heterocycles. The predicted molar refractivity (Wildman–Crippen MR) is 87.5 cm³/mol. The van der Waals surface area contributed by atoms with Crippen LogP contribution >= 0.6 is 0 Å². The summed E-state index contributed by atoms with van der Waals surface area (Å²) in [5.41, 5.74) is -0.369. The van der Waals surface area contributed by atoms with Gasteiger partial charge in [0.05, 0.1) is 12.6 Å². The molecule has 128 valence electrons. The highest BCUT2D eigenvalue weighted by Gasteiger charge is 2.35. The lowest BCUT2D eigenvalue weighted by Crippen LogP contribution is -2.07. The lowest BCUT2D eigenvalue weighted by Gasteiger charge is -2.05. The molecule has 0 fully saturated rings. The minimum Gasteiger partial charge on any atom is -0.497 e. The summed E-state index contributed by atoms with van der Waals surface area (Å²) in [4.78, 5) is 18.3. The fourth-order valence-electron chi connectivity index (χ4n) is 2.49. The summed E-state index contributed by atoms with van der Waals surface area (Å²) in [6.45, 7) is 0. The second kappa shape index (κ2) is 6.43. The van der Waals surface area contributed by atoms with Crippen molar-refractivity contribution < 1.29 is 22.7 Å². The quantitative estimate of drug-likeness (QED) is 0.559. The van der Waals surface area contributed by atoms with E-state index in [9.17, 15) is 18.0 Å². The smallest absolute Gasteiger partial charge is 0.431 e. The van der Waals surface area contributed by atoms with Gasteiger partial charge in [0.1, 0.15) is 11.4 Å². The topological polar surface area (TPSA) is 55.0 Å². The Morgan fingerprint density at radius 1 is 1.20 bits per heavy atom. The van der Waals surface area contributed by atoms with E-state index in [0.29, 0.717) is 16.7 Å². The molecule has 1 aromatic carbocycles. The number of halogens is 3. The number of aromatic amines is 1. The Morgan fingerprint density at radius 2 is 1.92 bits per heavy atom. The molecular weight excluding hydrogens is 333 g/mol. The van der Waals surface area contributed by atoms with Crippen LogP contribution in [-0.4, -0.2) is 22.9 Å². The minimum atomic E-state index is -4.58. The second-order valence-corrected chi connectivity index (χ2v) is 5.26. The molecule has 0 aliphatic rings. The van der Waals surface area contributed by atoms with Gasteiger partial charge in [0, 0.05) is 35.0 Å². The Labute approximate surface area is 141 Å². The molecule has 0 unspecified atom stereocenters. The molecule has 0 aliphatic carbocycles. The molecule has 0 radical (unpaired) electrons. The van der Waals surface area contributed by atoms with Crippen molar-refractivity contribution in [1.29, 1.82) is 0 Å². The van der Waals surface area contributed by atoms with E-state index in [1.807, 2.05) is 0 Å². The van der Waals surface area contributed by atoms with Crippen molar-refractivity contribution in [1.82, 2.24) is 9.97 Å². The van der Waals surface area contributed by atoms with Gasteiger partial charge >= 0.3 is 6.18 Å². The van der Waals surface area contributed by atoms with E-state index >= 15 is 0 Å². The summed E-state index contributed by atoms with van der Waals surface area (Å²) in [5, 5.41) is 0.354. The average Bonchev–Trinajstić information content (AvgIpc) is 2.98. The van der Waals surface area contributed by atoms with Gasteiger partial charge in [-0.1, -0.05) is 0 Å². The van der Waals surface area contributed by atoms with Crippen LogP contribution in [0.25, 0.3) is 17.0 Å². The van der Waals surface area contributed by atoms with Gasteiger partial charge in [0.2, 0.25) is 0 Å². The van der Waals surface area contributed by atoms with Gasteiger partial charge in [-0.3, -0.25) is 9.78 Å². The van der Waals surface area contributed by atoms with Gasteiger partial charge in [-0.25, -0.2) is 0 Å². The van der Waals surface area contributed by atoms with Crippen LogP contribution in [0.1, 0.15) is 21.6 Å². The number of hydrogen-bond acceptors (Lipinski definition) is 3. The first kappa shape index (κ1) is 16.8. The summed E-state index contributed by atoms with van der Waals surface area (Å²) in [5.74, 6) is 0.0317. The summed E-state index contributed by atoms with van der Waals surface area (Å²) >= 11 is 0. The van der Waals surface area contributed by atoms with Crippen LogP contribution in [0.5, 0.6) is 5.75 Å². The summed E-state index contributed by atoms with van der Waals surface area (Å²) in [6, 6.07) is 7.57. The van der Waals surface area contributed by atoms with Crippen molar-refractivity contribution in [2.75, 3.05) is 7.11 Å². The summed E-state index contributed by atoms with van der Waals surface area (Å²) in [6.07, 6.45) is 0.611. The SMILES string of the molecule is COc1ccc2c(/C=C/C(=O)c3ccncc3)c(C(F)(F)F)[nH]c2c1. The Balaban J connectivity index is 2.07. The zero-order valence-electron chi connectivity index (χ0n) is 13.1. The minimum absolute atomic E-state index is 0.0902. The number of methoxy groups -OCH3 is 1. The van der Waals surface area contributed by atoms with Crippen molar-refractivity contribution in [3.63, 3.8) is 0 Å². The number of alkyl halides is 3. The maximum atomic E-state index is 13.3. The molecule has 0 bridgehead atoms. The third-order valence-electron chi connectivity index (χ3n) is 3.70. The van der Waals surface area contributed by atoms with Crippen LogP contribution in [0.3, 0.4) is 0 Å². The zero-order chi connectivity index (χ0) is 18.0. The highest BCUT2D eigenvalue weighted by molar-refractivity contribution is 6.08. The number of ether oxygens (including phenoxy) is 1. The molecule has 0 spiro atoms. The van der Waals surface area contributed by atoms with Gasteiger partial charge in [0.25, 0.3) is 0 Å². The Morgan fingerprint density at radius 3 is 2.56 bits per heavy atom. The van der Waals surface area contributed by atoms with Gasteiger partial charge in [0.15, 0.2) is 5.78 Å². The fraction of sp³-hybridized carbons (Fsp3) is 0.111. The number of H-pyrrole nitrogens is 1. The van der Waals surface area contributed by atoms with Crippen LogP contribution < -0.4 is 4.74 Å². The van der Waals surface area contributed by atoms with E-state index in [4.69, 9.17) is 4.74 Å². The monoisotopic (exact) mass is 346 g/mol. The lowest BCUT2D eigenvalue weighted by molar-refractivity contribution is -0.140.